The summed E-state index contributed by atoms with van der Waals surface area (Å²) in [5.41, 5.74) is 2.23. The number of ether oxygens (including phenoxy) is 3. The molecule has 8 nitrogen and oxygen atoms in total. The van der Waals surface area contributed by atoms with Crippen molar-refractivity contribution in [1.82, 2.24) is 0 Å². The van der Waals surface area contributed by atoms with Gasteiger partial charge in [-0.25, -0.2) is 0 Å². The fraction of sp³-hybridized carbons (Fsp3) is 0.267. The number of hydrogen-bond acceptors (Lipinski definition) is 7. The molecule has 1 N–H and O–H groups in total. The number of carbonyl (C=O) groups excluding carboxylic acids is 2. The Bertz CT molecular complexity index is 1400. The van der Waals surface area contributed by atoms with Gasteiger partial charge in [-0.05, 0) is 61.9 Å². The normalized spacial score (nSPS) is 16.4. The summed E-state index contributed by atoms with van der Waals surface area (Å²) in [7, 11) is 4.44. The summed E-state index contributed by atoms with van der Waals surface area (Å²) in [4.78, 5) is 30.6. The lowest BCUT2D eigenvalue weighted by atomic mass is 9.94. The maximum Gasteiger partial charge on any atom is 0.300 e. The van der Waals surface area contributed by atoms with Crippen molar-refractivity contribution in [2.75, 3.05) is 44.2 Å². The van der Waals surface area contributed by atoms with Crippen molar-refractivity contribution in [1.29, 1.82) is 0 Å². The van der Waals surface area contributed by atoms with E-state index in [9.17, 15) is 14.7 Å². The van der Waals surface area contributed by atoms with E-state index in [2.05, 4.69) is 18.7 Å². The Balaban J connectivity index is 1.94. The summed E-state index contributed by atoms with van der Waals surface area (Å²) in [5, 5.41) is 11.8. The van der Waals surface area contributed by atoms with E-state index in [1.807, 2.05) is 24.3 Å². The Morgan fingerprint density at radius 2 is 1.51 bits per heavy atom. The summed E-state index contributed by atoms with van der Waals surface area (Å²) in [5.74, 6) is -0.808. The quantitative estimate of drug-likeness (QED) is 0.203. The number of halogens is 1. The number of carbonyl (C=O) groups is 2. The van der Waals surface area contributed by atoms with Gasteiger partial charge in [0.1, 0.15) is 23.0 Å². The molecule has 1 atom stereocenters. The van der Waals surface area contributed by atoms with Gasteiger partial charge in [0.25, 0.3) is 11.7 Å². The van der Waals surface area contributed by atoms with E-state index in [4.69, 9.17) is 25.8 Å². The number of rotatable bonds is 9. The van der Waals surface area contributed by atoms with Gasteiger partial charge in [0, 0.05) is 30.5 Å². The van der Waals surface area contributed by atoms with E-state index < -0.39 is 23.5 Å². The fourth-order valence-corrected chi connectivity index (χ4v) is 5.04. The Morgan fingerprint density at radius 1 is 0.897 bits per heavy atom. The van der Waals surface area contributed by atoms with Crippen molar-refractivity contribution in [3.63, 3.8) is 0 Å². The number of Topliss-reactive ketones (excluding diaryl/α,β-unsaturated/α-hetero) is 1. The minimum atomic E-state index is -0.908. The van der Waals surface area contributed by atoms with Crippen molar-refractivity contribution >= 4 is 40.4 Å². The van der Waals surface area contributed by atoms with Gasteiger partial charge >= 0.3 is 0 Å². The molecule has 3 aromatic carbocycles. The molecule has 0 aliphatic carbocycles. The summed E-state index contributed by atoms with van der Waals surface area (Å²) in [6, 6.07) is 16.5. The third-order valence-electron chi connectivity index (χ3n) is 6.86. The molecule has 1 saturated heterocycles. The fourth-order valence-electron chi connectivity index (χ4n) is 4.80. The van der Waals surface area contributed by atoms with Gasteiger partial charge in [0.15, 0.2) is 0 Å². The zero-order valence-corrected chi connectivity index (χ0v) is 23.3. The average Bonchev–Trinajstić information content (AvgIpc) is 3.23. The minimum Gasteiger partial charge on any atom is -0.507 e. The van der Waals surface area contributed by atoms with Crippen molar-refractivity contribution < 1.29 is 28.9 Å². The van der Waals surface area contributed by atoms with Crippen LogP contribution in [0.2, 0.25) is 5.02 Å². The number of benzene rings is 3. The van der Waals surface area contributed by atoms with Gasteiger partial charge in [-0.15, -0.1) is 0 Å². The number of methoxy groups -OCH3 is 3. The third kappa shape index (κ3) is 5.12. The number of hydrogen-bond donors (Lipinski definition) is 1. The van der Waals surface area contributed by atoms with Gasteiger partial charge in [-0.3, -0.25) is 14.5 Å². The topological polar surface area (TPSA) is 88.5 Å². The molecule has 3 aromatic rings. The molecule has 0 saturated carbocycles. The molecule has 1 fully saturated rings. The van der Waals surface area contributed by atoms with Crippen LogP contribution in [0.1, 0.15) is 31.0 Å². The SMILES string of the molecule is CCN(CC)c1ccc(C2/C(=C(\O)c3cc(Cl)c(OC)cc3OC)C(=O)C(=O)N2c2ccc(OC)cc2)cc1. The lowest BCUT2D eigenvalue weighted by Gasteiger charge is -2.27. The van der Waals surface area contributed by atoms with Crippen LogP contribution in [-0.4, -0.2) is 51.2 Å². The van der Waals surface area contributed by atoms with Crippen LogP contribution in [0.4, 0.5) is 11.4 Å². The van der Waals surface area contributed by atoms with E-state index in [0.29, 0.717) is 22.7 Å². The van der Waals surface area contributed by atoms with Crippen molar-refractivity contribution in [2.45, 2.75) is 19.9 Å². The first-order chi connectivity index (χ1) is 18.8. The summed E-state index contributed by atoms with van der Waals surface area (Å²) in [6.07, 6.45) is 0. The monoisotopic (exact) mass is 550 g/mol. The molecular weight excluding hydrogens is 520 g/mol. The number of aliphatic hydroxyl groups excluding tert-OH is 1. The number of ketones is 1. The highest BCUT2D eigenvalue weighted by molar-refractivity contribution is 6.51. The van der Waals surface area contributed by atoms with Crippen LogP contribution >= 0.6 is 11.6 Å². The molecule has 1 aliphatic heterocycles. The number of amides is 1. The number of aliphatic hydroxyl groups is 1. The van der Waals surface area contributed by atoms with Gasteiger partial charge in [-0.1, -0.05) is 23.7 Å². The van der Waals surface area contributed by atoms with Crippen LogP contribution in [0.5, 0.6) is 17.2 Å². The Kier molecular flexibility index (Phi) is 8.35. The largest absolute Gasteiger partial charge is 0.507 e. The van der Waals surface area contributed by atoms with Gasteiger partial charge in [-0.2, -0.15) is 0 Å². The lowest BCUT2D eigenvalue weighted by Crippen LogP contribution is -2.29. The maximum absolute atomic E-state index is 13.5. The highest BCUT2D eigenvalue weighted by Gasteiger charge is 2.47. The predicted octanol–water partition coefficient (Wildman–Crippen LogP) is 5.84. The van der Waals surface area contributed by atoms with Gasteiger partial charge in [0.2, 0.25) is 0 Å². The van der Waals surface area contributed by atoms with Crippen LogP contribution in [0, 0.1) is 0 Å². The first kappa shape index (κ1) is 27.9. The van der Waals surface area contributed by atoms with E-state index in [1.165, 1.54) is 31.3 Å². The molecule has 204 valence electrons. The van der Waals surface area contributed by atoms with Crippen molar-refractivity contribution in [3.05, 3.63) is 82.4 Å². The first-order valence-electron chi connectivity index (χ1n) is 12.5. The zero-order valence-electron chi connectivity index (χ0n) is 22.5. The van der Waals surface area contributed by atoms with Gasteiger partial charge < -0.3 is 24.2 Å². The molecular formula is C30H31ClN2O6. The van der Waals surface area contributed by atoms with E-state index >= 15 is 0 Å². The Hall–Kier alpha value is -4.17. The number of nitrogens with zero attached hydrogens (tertiary/aromatic N) is 2. The molecule has 4 rings (SSSR count). The maximum atomic E-state index is 13.5. The smallest absolute Gasteiger partial charge is 0.300 e. The Labute approximate surface area is 233 Å². The highest BCUT2D eigenvalue weighted by atomic mass is 35.5. The van der Waals surface area contributed by atoms with Crippen LogP contribution in [0.3, 0.4) is 0 Å². The highest BCUT2D eigenvalue weighted by Crippen LogP contribution is 2.45. The molecule has 1 heterocycles. The summed E-state index contributed by atoms with van der Waals surface area (Å²) >= 11 is 6.36. The van der Waals surface area contributed by atoms with Crippen molar-refractivity contribution in [2.24, 2.45) is 0 Å². The molecule has 1 amide bonds. The van der Waals surface area contributed by atoms with E-state index in [0.717, 1.165) is 18.8 Å². The van der Waals surface area contributed by atoms with Crippen LogP contribution in [0.15, 0.2) is 66.2 Å². The van der Waals surface area contributed by atoms with Crippen molar-refractivity contribution in [3.8, 4) is 17.2 Å². The molecule has 39 heavy (non-hydrogen) atoms. The molecule has 0 spiro atoms. The van der Waals surface area contributed by atoms with Crippen LogP contribution < -0.4 is 24.0 Å². The van der Waals surface area contributed by atoms with E-state index in [1.54, 1.807) is 31.4 Å². The lowest BCUT2D eigenvalue weighted by molar-refractivity contribution is -0.132. The molecule has 1 aliphatic rings. The second kappa shape index (κ2) is 11.7. The second-order valence-corrected chi connectivity index (χ2v) is 9.23. The molecule has 0 radical (unpaired) electrons. The van der Waals surface area contributed by atoms with Crippen LogP contribution in [0.25, 0.3) is 5.76 Å². The average molecular weight is 551 g/mol. The van der Waals surface area contributed by atoms with Gasteiger partial charge in [0.05, 0.1) is 43.5 Å². The predicted molar refractivity (Wildman–Crippen MR) is 152 cm³/mol. The molecule has 0 aromatic heterocycles. The minimum absolute atomic E-state index is 0.0778. The van der Waals surface area contributed by atoms with E-state index in [-0.39, 0.29) is 21.9 Å². The zero-order chi connectivity index (χ0) is 28.3. The summed E-state index contributed by atoms with van der Waals surface area (Å²) in [6.45, 7) is 5.81. The summed E-state index contributed by atoms with van der Waals surface area (Å²) < 4.78 is 16.0. The first-order valence-corrected chi connectivity index (χ1v) is 12.9. The molecule has 1 unspecified atom stereocenters. The second-order valence-electron chi connectivity index (χ2n) is 8.82. The standard InChI is InChI=1S/C30H31ClN2O6/c1-6-32(7-2)19-10-8-18(9-11-19)27-26(28(34)22-16-23(31)25(39-5)17-24(22)38-4)29(35)30(36)33(27)20-12-14-21(37-3)15-13-20/h8-17,27,34H,6-7H2,1-5H3/b28-26+. The Morgan fingerprint density at radius 3 is 2.05 bits per heavy atom. The third-order valence-corrected chi connectivity index (χ3v) is 7.16. The molecule has 0 bridgehead atoms. The van der Waals surface area contributed by atoms with Crippen LogP contribution in [-0.2, 0) is 9.59 Å². The number of anilines is 2. The molecule has 9 heteroatoms.